The Kier molecular flexibility index (Phi) is 5.11. The van der Waals surface area contributed by atoms with Crippen LogP contribution < -0.4 is 11.2 Å². The molecule has 0 saturated carbocycles. The second-order valence-corrected chi connectivity index (χ2v) is 4.77. The molecule has 0 fully saturated rings. The normalized spacial score (nSPS) is 12.2. The first-order valence-electron chi connectivity index (χ1n) is 6.70. The Labute approximate surface area is 127 Å². The van der Waals surface area contributed by atoms with Crippen LogP contribution >= 0.6 is 0 Å². The molecule has 0 bridgehead atoms. The number of benzene rings is 2. The van der Waals surface area contributed by atoms with Crippen LogP contribution in [0, 0.1) is 0 Å². The number of nitrogens with zero attached hydrogens (tertiary/aromatic N) is 1. The number of phenols is 2. The smallest absolute Gasteiger partial charge is 0.257 e. The van der Waals surface area contributed by atoms with Gasteiger partial charge in [0.1, 0.15) is 11.5 Å². The average Bonchev–Trinajstić information content (AvgIpc) is 2.51. The number of hydrazone groups is 1. The van der Waals surface area contributed by atoms with E-state index in [4.69, 9.17) is 5.73 Å². The molecule has 6 heteroatoms. The molecule has 2 rings (SSSR count). The Morgan fingerprint density at radius 3 is 2.55 bits per heavy atom. The summed E-state index contributed by atoms with van der Waals surface area (Å²) in [4.78, 5) is 11.8. The average molecular weight is 299 g/mol. The van der Waals surface area contributed by atoms with Crippen molar-refractivity contribution >= 4 is 12.1 Å². The molecule has 0 saturated heterocycles. The van der Waals surface area contributed by atoms with E-state index in [1.807, 2.05) is 0 Å². The van der Waals surface area contributed by atoms with Crippen LogP contribution in [-0.2, 0) is 11.2 Å². The van der Waals surface area contributed by atoms with Crippen LogP contribution in [-0.4, -0.2) is 28.4 Å². The standard InChI is InChI=1S/C16H17N3O3/c17-14(9-11-5-7-13(20)8-6-11)16(22)19-18-10-12-3-1-2-4-15(12)21/h1-8,10,14,20-21H,9,17H2,(H,19,22)/b18-10+/t14-/m0/s1. The van der Waals surface area contributed by atoms with Gasteiger partial charge in [-0.1, -0.05) is 24.3 Å². The van der Waals surface area contributed by atoms with E-state index in [9.17, 15) is 15.0 Å². The first-order chi connectivity index (χ1) is 10.6. The number of aromatic hydroxyl groups is 2. The van der Waals surface area contributed by atoms with Crippen molar-refractivity contribution in [3.05, 3.63) is 59.7 Å². The zero-order chi connectivity index (χ0) is 15.9. The monoisotopic (exact) mass is 299 g/mol. The van der Waals surface area contributed by atoms with Crippen molar-refractivity contribution in [1.29, 1.82) is 0 Å². The molecule has 114 valence electrons. The lowest BCUT2D eigenvalue weighted by Gasteiger charge is -2.09. The Balaban J connectivity index is 1.89. The number of carbonyl (C=O) groups excluding carboxylic acids is 1. The minimum atomic E-state index is -0.758. The molecule has 0 aliphatic heterocycles. The number of carbonyl (C=O) groups is 1. The summed E-state index contributed by atoms with van der Waals surface area (Å²) in [6.45, 7) is 0. The summed E-state index contributed by atoms with van der Waals surface area (Å²) in [5.74, 6) is -0.192. The molecule has 0 aliphatic carbocycles. The number of para-hydroxylation sites is 1. The lowest BCUT2D eigenvalue weighted by atomic mass is 10.1. The molecule has 0 spiro atoms. The summed E-state index contributed by atoms with van der Waals surface area (Å²) >= 11 is 0. The maximum absolute atomic E-state index is 11.8. The molecule has 1 amide bonds. The van der Waals surface area contributed by atoms with Gasteiger partial charge in [0.15, 0.2) is 0 Å². The summed E-state index contributed by atoms with van der Waals surface area (Å²) in [5.41, 5.74) is 9.47. The lowest BCUT2D eigenvalue weighted by Crippen LogP contribution is -2.39. The Morgan fingerprint density at radius 1 is 1.18 bits per heavy atom. The predicted molar refractivity (Wildman–Crippen MR) is 83.6 cm³/mol. The van der Waals surface area contributed by atoms with E-state index in [0.29, 0.717) is 12.0 Å². The second-order valence-electron chi connectivity index (χ2n) is 4.77. The van der Waals surface area contributed by atoms with Crippen molar-refractivity contribution in [1.82, 2.24) is 5.43 Å². The molecule has 0 heterocycles. The van der Waals surface area contributed by atoms with Gasteiger partial charge in [0.25, 0.3) is 5.91 Å². The fourth-order valence-electron chi connectivity index (χ4n) is 1.82. The van der Waals surface area contributed by atoms with Crippen molar-refractivity contribution in [2.24, 2.45) is 10.8 Å². The third kappa shape index (κ3) is 4.32. The third-order valence-electron chi connectivity index (χ3n) is 3.04. The van der Waals surface area contributed by atoms with Gasteiger partial charge >= 0.3 is 0 Å². The van der Waals surface area contributed by atoms with Crippen molar-refractivity contribution < 1.29 is 15.0 Å². The molecule has 5 N–H and O–H groups in total. The predicted octanol–water partition coefficient (Wildman–Crippen LogP) is 1.12. The molecule has 0 aromatic heterocycles. The first kappa shape index (κ1) is 15.5. The van der Waals surface area contributed by atoms with Gasteiger partial charge in [-0.2, -0.15) is 5.10 Å². The molecule has 22 heavy (non-hydrogen) atoms. The largest absolute Gasteiger partial charge is 0.508 e. The molecule has 0 radical (unpaired) electrons. The number of amides is 1. The fraction of sp³-hybridized carbons (Fsp3) is 0.125. The fourth-order valence-corrected chi connectivity index (χ4v) is 1.82. The van der Waals surface area contributed by atoms with Crippen LogP contribution in [0.2, 0.25) is 0 Å². The van der Waals surface area contributed by atoms with E-state index in [1.165, 1.54) is 24.4 Å². The first-order valence-corrected chi connectivity index (χ1v) is 6.70. The van der Waals surface area contributed by atoms with E-state index in [0.717, 1.165) is 5.56 Å². The highest BCUT2D eigenvalue weighted by molar-refractivity contribution is 5.86. The van der Waals surface area contributed by atoms with Crippen molar-refractivity contribution in [3.8, 4) is 11.5 Å². The van der Waals surface area contributed by atoms with Crippen molar-refractivity contribution in [2.45, 2.75) is 12.5 Å². The number of rotatable bonds is 5. The lowest BCUT2D eigenvalue weighted by molar-refractivity contribution is -0.122. The Morgan fingerprint density at radius 2 is 1.86 bits per heavy atom. The molecule has 2 aromatic carbocycles. The topological polar surface area (TPSA) is 108 Å². The number of phenolic OH excluding ortho intramolecular Hbond substituents is 2. The van der Waals surface area contributed by atoms with Gasteiger partial charge in [-0.3, -0.25) is 4.79 Å². The molecule has 6 nitrogen and oxygen atoms in total. The van der Waals surface area contributed by atoms with Gasteiger partial charge in [0, 0.05) is 5.56 Å². The van der Waals surface area contributed by atoms with Gasteiger partial charge < -0.3 is 15.9 Å². The Bertz CT molecular complexity index is 669. The minimum Gasteiger partial charge on any atom is -0.508 e. The van der Waals surface area contributed by atoms with Crippen molar-refractivity contribution in [2.75, 3.05) is 0 Å². The van der Waals surface area contributed by atoms with Crippen LogP contribution in [0.4, 0.5) is 0 Å². The van der Waals surface area contributed by atoms with E-state index in [2.05, 4.69) is 10.5 Å². The number of hydrogen-bond acceptors (Lipinski definition) is 5. The van der Waals surface area contributed by atoms with Crippen LogP contribution in [0.15, 0.2) is 53.6 Å². The maximum Gasteiger partial charge on any atom is 0.257 e. The molecule has 1 atom stereocenters. The SMILES string of the molecule is N[C@@H](Cc1ccc(O)cc1)C(=O)N/N=C/c1ccccc1O. The van der Waals surface area contributed by atoms with E-state index in [-0.39, 0.29) is 11.5 Å². The minimum absolute atomic E-state index is 0.0777. The zero-order valence-electron chi connectivity index (χ0n) is 11.8. The molecular formula is C16H17N3O3. The highest BCUT2D eigenvalue weighted by Crippen LogP contribution is 2.12. The van der Waals surface area contributed by atoms with Crippen LogP contribution in [0.3, 0.4) is 0 Å². The number of nitrogens with two attached hydrogens (primary N) is 1. The van der Waals surface area contributed by atoms with Crippen molar-refractivity contribution in [3.63, 3.8) is 0 Å². The summed E-state index contributed by atoms with van der Waals surface area (Å²) < 4.78 is 0. The summed E-state index contributed by atoms with van der Waals surface area (Å²) in [6, 6.07) is 12.4. The second kappa shape index (κ2) is 7.24. The number of nitrogens with one attached hydrogen (secondary N) is 1. The van der Waals surface area contributed by atoms with Gasteiger partial charge in [-0.25, -0.2) is 5.43 Å². The summed E-state index contributed by atoms with van der Waals surface area (Å²) in [5, 5.41) is 22.5. The molecule has 0 aliphatic rings. The van der Waals surface area contributed by atoms with Crippen LogP contribution in [0.5, 0.6) is 11.5 Å². The summed E-state index contributed by atoms with van der Waals surface area (Å²) in [6.07, 6.45) is 1.68. The van der Waals surface area contributed by atoms with E-state index >= 15 is 0 Å². The highest BCUT2D eigenvalue weighted by atomic mass is 16.3. The molecule has 0 unspecified atom stereocenters. The van der Waals surface area contributed by atoms with Gasteiger partial charge in [0.2, 0.25) is 0 Å². The van der Waals surface area contributed by atoms with E-state index in [1.54, 1.807) is 30.3 Å². The molecular weight excluding hydrogens is 282 g/mol. The Hall–Kier alpha value is -2.86. The van der Waals surface area contributed by atoms with E-state index < -0.39 is 11.9 Å². The molecule has 2 aromatic rings. The quantitative estimate of drug-likeness (QED) is 0.490. The third-order valence-corrected chi connectivity index (χ3v) is 3.04. The van der Waals surface area contributed by atoms with Gasteiger partial charge in [0.05, 0.1) is 12.3 Å². The van der Waals surface area contributed by atoms with Crippen LogP contribution in [0.25, 0.3) is 0 Å². The van der Waals surface area contributed by atoms with Gasteiger partial charge in [-0.15, -0.1) is 0 Å². The zero-order valence-corrected chi connectivity index (χ0v) is 11.8. The number of hydrogen-bond donors (Lipinski definition) is 4. The van der Waals surface area contributed by atoms with Gasteiger partial charge in [-0.05, 0) is 36.2 Å². The summed E-state index contributed by atoms with van der Waals surface area (Å²) in [7, 11) is 0. The highest BCUT2D eigenvalue weighted by Gasteiger charge is 2.13. The van der Waals surface area contributed by atoms with Crippen LogP contribution in [0.1, 0.15) is 11.1 Å². The maximum atomic E-state index is 11.8.